The summed E-state index contributed by atoms with van der Waals surface area (Å²) in [7, 11) is 0. The smallest absolute Gasteiger partial charge is 0.308 e. The van der Waals surface area contributed by atoms with E-state index in [-0.39, 0.29) is 32.2 Å². The molecule has 0 aliphatic heterocycles. The molecule has 266 valence electrons. The second-order valence-electron chi connectivity index (χ2n) is 13.2. The van der Waals surface area contributed by atoms with Crippen LogP contribution >= 0.6 is 23.2 Å². The number of nitrogens with one attached hydrogen (secondary N) is 4. The largest absolute Gasteiger partial charge is 0.460 e. The molecule has 0 aliphatic carbocycles. The molecule has 4 atom stereocenters. The van der Waals surface area contributed by atoms with Gasteiger partial charge in [0, 0.05) is 30.1 Å². The fourth-order valence-electron chi connectivity index (χ4n) is 5.41. The van der Waals surface area contributed by atoms with Crippen molar-refractivity contribution in [3.05, 3.63) is 106 Å². The Hall–Kier alpha value is -4.42. The van der Waals surface area contributed by atoms with Crippen LogP contribution in [0.3, 0.4) is 0 Å². The lowest BCUT2D eigenvalue weighted by Crippen LogP contribution is -2.56. The van der Waals surface area contributed by atoms with Crippen molar-refractivity contribution >= 4 is 57.8 Å². The monoisotopic (exact) mass is 722 g/mol. The quantitative estimate of drug-likeness (QED) is 0.100. The summed E-state index contributed by atoms with van der Waals surface area (Å²) in [6, 6.07) is 18.3. The van der Waals surface area contributed by atoms with Crippen LogP contribution in [0, 0.1) is 0 Å². The summed E-state index contributed by atoms with van der Waals surface area (Å²) in [6.07, 6.45) is 2.19. The Bertz CT molecular complexity index is 1790. The molecule has 11 nitrogen and oxygen atoms in total. The van der Waals surface area contributed by atoms with Crippen molar-refractivity contribution in [3.63, 3.8) is 0 Å². The number of hydrogen-bond acceptors (Lipinski definition) is 7. The van der Waals surface area contributed by atoms with Crippen LogP contribution < -0.4 is 27.4 Å². The second-order valence-corrected chi connectivity index (χ2v) is 14.0. The first kappa shape index (κ1) is 38.4. The van der Waals surface area contributed by atoms with Gasteiger partial charge in [0.2, 0.25) is 17.7 Å². The maximum Gasteiger partial charge on any atom is 0.308 e. The number of para-hydroxylation sites is 1. The van der Waals surface area contributed by atoms with E-state index >= 15 is 0 Å². The highest BCUT2D eigenvalue weighted by atomic mass is 35.5. The Balaban J connectivity index is 1.49. The van der Waals surface area contributed by atoms with Crippen LogP contribution in [-0.4, -0.2) is 65.0 Å². The van der Waals surface area contributed by atoms with Crippen molar-refractivity contribution in [1.82, 2.24) is 20.9 Å². The van der Waals surface area contributed by atoms with Crippen LogP contribution in [0.4, 0.5) is 0 Å². The third-order valence-electron chi connectivity index (χ3n) is 7.85. The molecule has 0 aliphatic rings. The third-order valence-corrected chi connectivity index (χ3v) is 8.58. The summed E-state index contributed by atoms with van der Waals surface area (Å²) in [5, 5.41) is 10.2. The minimum absolute atomic E-state index is 0.0427. The molecule has 3 amide bonds. The molecule has 0 unspecified atom stereocenters. The van der Waals surface area contributed by atoms with Crippen molar-refractivity contribution in [3.8, 4) is 0 Å². The van der Waals surface area contributed by atoms with E-state index in [9.17, 15) is 19.2 Å². The number of benzene rings is 3. The number of carbonyl (C=O) groups excluding carboxylic acids is 4. The van der Waals surface area contributed by atoms with Crippen LogP contribution in [0.1, 0.15) is 43.9 Å². The van der Waals surface area contributed by atoms with E-state index in [1.54, 1.807) is 39.0 Å². The normalized spacial score (nSPS) is 13.9. The molecule has 0 saturated carbocycles. The van der Waals surface area contributed by atoms with Gasteiger partial charge < -0.3 is 37.1 Å². The summed E-state index contributed by atoms with van der Waals surface area (Å²) in [5.41, 5.74) is 15.0. The first-order valence-electron chi connectivity index (χ1n) is 16.3. The average molecular weight is 724 g/mol. The molecule has 1 heterocycles. The predicted octanol–water partition coefficient (Wildman–Crippen LogP) is 3.97. The number of fused-ring (bicyclic) bond motifs is 1. The molecule has 4 aromatic rings. The van der Waals surface area contributed by atoms with Crippen LogP contribution in [0.15, 0.2) is 79.0 Å². The molecule has 0 fully saturated rings. The number of nitrogens with two attached hydrogens (primary N) is 2. The zero-order valence-corrected chi connectivity index (χ0v) is 29.8. The van der Waals surface area contributed by atoms with Gasteiger partial charge >= 0.3 is 5.97 Å². The Labute approximate surface area is 301 Å². The molecular formula is C37H44Cl2N6O5. The van der Waals surface area contributed by atoms with E-state index in [2.05, 4.69) is 20.9 Å². The highest BCUT2D eigenvalue weighted by molar-refractivity contribution is 6.42. The molecule has 1 aromatic heterocycles. The van der Waals surface area contributed by atoms with Gasteiger partial charge in [0.25, 0.3) is 0 Å². The Morgan fingerprint density at radius 1 is 0.780 bits per heavy atom. The van der Waals surface area contributed by atoms with Gasteiger partial charge in [-0.2, -0.15) is 0 Å². The number of rotatable bonds is 15. The lowest BCUT2D eigenvalue weighted by Gasteiger charge is -2.26. The minimum Gasteiger partial charge on any atom is -0.460 e. The molecule has 50 heavy (non-hydrogen) atoms. The third kappa shape index (κ3) is 11.6. The van der Waals surface area contributed by atoms with Crippen molar-refractivity contribution in [1.29, 1.82) is 0 Å². The zero-order valence-electron chi connectivity index (χ0n) is 28.3. The fraction of sp³-hybridized carbons (Fsp3) is 0.351. The van der Waals surface area contributed by atoms with Crippen molar-refractivity contribution in [2.45, 2.75) is 76.2 Å². The molecular weight excluding hydrogens is 679 g/mol. The van der Waals surface area contributed by atoms with Crippen LogP contribution in [0.25, 0.3) is 10.9 Å². The van der Waals surface area contributed by atoms with E-state index in [0.717, 1.165) is 27.6 Å². The highest BCUT2D eigenvalue weighted by Gasteiger charge is 2.28. The van der Waals surface area contributed by atoms with Gasteiger partial charge in [0.05, 0.1) is 34.6 Å². The summed E-state index contributed by atoms with van der Waals surface area (Å²) < 4.78 is 5.28. The summed E-state index contributed by atoms with van der Waals surface area (Å²) >= 11 is 12.4. The maximum atomic E-state index is 14.0. The van der Waals surface area contributed by atoms with Gasteiger partial charge in [-0.15, -0.1) is 0 Å². The van der Waals surface area contributed by atoms with Gasteiger partial charge in [0.15, 0.2) is 0 Å². The number of halogens is 2. The lowest BCUT2D eigenvalue weighted by molar-refractivity contribution is -0.156. The topological polar surface area (TPSA) is 181 Å². The van der Waals surface area contributed by atoms with Crippen LogP contribution in [-0.2, 0) is 43.2 Å². The van der Waals surface area contributed by atoms with Crippen molar-refractivity contribution in [2.75, 3.05) is 6.54 Å². The number of amides is 3. The number of aromatic amines is 1. The molecule has 3 aromatic carbocycles. The Kier molecular flexibility index (Phi) is 13.4. The molecule has 0 radical (unpaired) electrons. The van der Waals surface area contributed by atoms with Gasteiger partial charge in [-0.05, 0) is 68.5 Å². The van der Waals surface area contributed by atoms with Crippen LogP contribution in [0.2, 0.25) is 10.0 Å². The Morgan fingerprint density at radius 2 is 1.48 bits per heavy atom. The molecule has 8 N–H and O–H groups in total. The minimum atomic E-state index is -1.17. The first-order valence-corrected chi connectivity index (χ1v) is 17.1. The van der Waals surface area contributed by atoms with E-state index in [4.69, 9.17) is 39.4 Å². The SMILES string of the molecule is CC(C)(C)OC(=O)C[C@H](N)C(=O)NC[C@@H](Cc1ccc(Cl)c(Cl)c1)NC(=O)[C@H](Cc1ccccc1)NC(=O)[C@@H](N)Cc1c[nH]c2ccccc12. The second kappa shape index (κ2) is 17.5. The standard InChI is InChI=1S/C37H44Cl2N6O5/c1-37(2,3)50-33(46)19-30(41)34(47)43-21-25(15-23-13-14-27(38)28(39)16-23)44-36(49)32(17-22-9-5-4-6-10-22)45-35(48)29(40)18-24-20-42-31-12-8-7-11-26(24)31/h4-14,16,20,25,29-30,32,42H,15,17-19,21,40-41H2,1-3H3,(H,43,47)(H,44,49)(H,45,48)/t25-,29+,30+,32+/m1/s1. The van der Waals surface area contributed by atoms with E-state index < -0.39 is 53.5 Å². The number of carbonyl (C=O) groups is 4. The number of ether oxygens (including phenoxy) is 1. The summed E-state index contributed by atoms with van der Waals surface area (Å²) in [5.74, 6) is -2.18. The van der Waals surface area contributed by atoms with Gasteiger partial charge in [-0.25, -0.2) is 0 Å². The predicted molar refractivity (Wildman–Crippen MR) is 196 cm³/mol. The highest BCUT2D eigenvalue weighted by Crippen LogP contribution is 2.23. The zero-order chi connectivity index (χ0) is 36.4. The van der Waals surface area contributed by atoms with Crippen molar-refractivity contribution < 1.29 is 23.9 Å². The van der Waals surface area contributed by atoms with Gasteiger partial charge in [-0.1, -0.05) is 77.8 Å². The van der Waals surface area contributed by atoms with E-state index in [1.807, 2.05) is 60.8 Å². The molecule has 0 spiro atoms. The Morgan fingerprint density at radius 3 is 2.18 bits per heavy atom. The van der Waals surface area contributed by atoms with Gasteiger partial charge in [0.1, 0.15) is 11.6 Å². The van der Waals surface area contributed by atoms with E-state index in [0.29, 0.717) is 10.0 Å². The number of aromatic nitrogens is 1. The fourth-order valence-corrected chi connectivity index (χ4v) is 5.73. The van der Waals surface area contributed by atoms with Gasteiger partial charge in [-0.3, -0.25) is 19.2 Å². The first-order chi connectivity index (χ1) is 23.7. The molecule has 0 bridgehead atoms. The van der Waals surface area contributed by atoms with E-state index in [1.165, 1.54) is 0 Å². The average Bonchev–Trinajstić information content (AvgIpc) is 3.46. The number of esters is 1. The molecule has 13 heteroatoms. The lowest BCUT2D eigenvalue weighted by atomic mass is 10.0. The summed E-state index contributed by atoms with van der Waals surface area (Å²) in [4.78, 5) is 55.8. The summed E-state index contributed by atoms with van der Waals surface area (Å²) in [6.45, 7) is 5.12. The number of hydrogen-bond donors (Lipinski definition) is 6. The number of H-pyrrole nitrogens is 1. The molecule has 0 saturated heterocycles. The van der Waals surface area contributed by atoms with Crippen molar-refractivity contribution in [2.24, 2.45) is 11.5 Å². The molecule has 4 rings (SSSR count). The van der Waals surface area contributed by atoms with Crippen LogP contribution in [0.5, 0.6) is 0 Å². The maximum absolute atomic E-state index is 14.0.